The zero-order valence-corrected chi connectivity index (χ0v) is 15.3. The third-order valence-electron chi connectivity index (χ3n) is 3.24. The lowest BCUT2D eigenvalue weighted by Crippen LogP contribution is -2.13. The zero-order valence-electron chi connectivity index (χ0n) is 12.2. The van der Waals surface area contributed by atoms with Crippen LogP contribution in [-0.4, -0.2) is 12.7 Å². The first-order valence-corrected chi connectivity index (χ1v) is 8.43. The quantitative estimate of drug-likeness (QED) is 0.553. The van der Waals surface area contributed by atoms with E-state index in [1.54, 1.807) is 30.3 Å². The Bertz CT molecular complexity index is 888. The van der Waals surface area contributed by atoms with E-state index in [1.165, 1.54) is 6.08 Å². The van der Waals surface area contributed by atoms with Crippen LogP contribution in [0.2, 0.25) is 0 Å². The molecule has 1 aliphatic heterocycles. The fourth-order valence-corrected chi connectivity index (χ4v) is 2.95. The van der Waals surface area contributed by atoms with Gasteiger partial charge in [-0.05, 0) is 42.0 Å². The van der Waals surface area contributed by atoms with E-state index in [0.29, 0.717) is 27.2 Å². The van der Waals surface area contributed by atoms with Crippen LogP contribution in [0, 0.1) is 11.3 Å². The van der Waals surface area contributed by atoms with E-state index < -0.39 is 5.91 Å². The van der Waals surface area contributed by atoms with Gasteiger partial charge in [0.15, 0.2) is 11.5 Å². The van der Waals surface area contributed by atoms with Gasteiger partial charge in [-0.15, -0.1) is 0 Å². The maximum absolute atomic E-state index is 12.3. The summed E-state index contributed by atoms with van der Waals surface area (Å²) in [7, 11) is 0. The number of ether oxygens (including phenoxy) is 2. The number of hydrogen-bond donors (Lipinski definition) is 1. The second-order valence-corrected chi connectivity index (χ2v) is 6.63. The van der Waals surface area contributed by atoms with Crippen molar-refractivity contribution in [1.29, 1.82) is 5.26 Å². The highest BCUT2D eigenvalue weighted by Crippen LogP contribution is 2.37. The Kier molecular flexibility index (Phi) is 4.88. The summed E-state index contributed by atoms with van der Waals surface area (Å²) >= 11 is 6.74. The van der Waals surface area contributed by atoms with Crippen molar-refractivity contribution >= 4 is 49.5 Å². The number of hydrogen-bond acceptors (Lipinski definition) is 4. The summed E-state index contributed by atoms with van der Waals surface area (Å²) < 4.78 is 12.1. The Hall–Kier alpha value is -2.30. The molecule has 0 unspecified atom stereocenters. The van der Waals surface area contributed by atoms with Gasteiger partial charge < -0.3 is 14.8 Å². The van der Waals surface area contributed by atoms with Gasteiger partial charge in [0, 0.05) is 14.6 Å². The van der Waals surface area contributed by atoms with Crippen molar-refractivity contribution in [1.82, 2.24) is 0 Å². The lowest BCUT2D eigenvalue weighted by atomic mass is 10.1. The van der Waals surface area contributed by atoms with Crippen LogP contribution < -0.4 is 14.8 Å². The maximum atomic E-state index is 12.3. The lowest BCUT2D eigenvalue weighted by molar-refractivity contribution is -0.112. The van der Waals surface area contributed by atoms with E-state index in [0.717, 1.165) is 4.47 Å². The van der Waals surface area contributed by atoms with E-state index in [-0.39, 0.29) is 12.4 Å². The molecule has 7 heteroatoms. The van der Waals surface area contributed by atoms with Gasteiger partial charge >= 0.3 is 0 Å². The van der Waals surface area contributed by atoms with Crippen molar-refractivity contribution in [3.05, 3.63) is 56.5 Å². The Balaban J connectivity index is 1.87. The van der Waals surface area contributed by atoms with Gasteiger partial charge in [0.1, 0.15) is 11.6 Å². The predicted molar refractivity (Wildman–Crippen MR) is 96.6 cm³/mol. The molecule has 120 valence electrons. The molecule has 1 N–H and O–H groups in total. The molecule has 2 aromatic carbocycles. The van der Waals surface area contributed by atoms with Gasteiger partial charge in [-0.3, -0.25) is 4.79 Å². The molecule has 1 aliphatic rings. The summed E-state index contributed by atoms with van der Waals surface area (Å²) in [5.74, 6) is 0.713. The number of carbonyl (C=O) groups excluding carboxylic acids is 1. The monoisotopic (exact) mass is 448 g/mol. The van der Waals surface area contributed by atoms with Crippen LogP contribution in [0.4, 0.5) is 5.69 Å². The average molecular weight is 450 g/mol. The number of amides is 1. The highest BCUT2D eigenvalue weighted by molar-refractivity contribution is 9.10. The fraction of sp³-hybridized carbons (Fsp3) is 0.0588. The number of carbonyl (C=O) groups is 1. The fourth-order valence-electron chi connectivity index (χ4n) is 2.11. The second-order valence-electron chi connectivity index (χ2n) is 4.86. The number of nitrogens with zero attached hydrogens (tertiary/aromatic N) is 1. The van der Waals surface area contributed by atoms with Crippen LogP contribution in [0.15, 0.2) is 50.9 Å². The third-order valence-corrected chi connectivity index (χ3v) is 4.42. The molecule has 0 radical (unpaired) electrons. The van der Waals surface area contributed by atoms with Crippen molar-refractivity contribution in [2.75, 3.05) is 12.1 Å². The summed E-state index contributed by atoms with van der Waals surface area (Å²) in [4.78, 5) is 12.3. The molecule has 5 nitrogen and oxygen atoms in total. The Morgan fingerprint density at radius 3 is 2.67 bits per heavy atom. The molecule has 0 aromatic heterocycles. The number of nitriles is 1. The van der Waals surface area contributed by atoms with Gasteiger partial charge in [-0.2, -0.15) is 5.26 Å². The number of rotatable bonds is 3. The summed E-state index contributed by atoms with van der Waals surface area (Å²) in [6, 6.07) is 12.5. The molecule has 3 rings (SSSR count). The summed E-state index contributed by atoms with van der Waals surface area (Å²) in [6.07, 6.45) is 1.50. The van der Waals surface area contributed by atoms with Crippen molar-refractivity contribution < 1.29 is 14.3 Å². The molecule has 0 saturated heterocycles. The summed E-state index contributed by atoms with van der Waals surface area (Å²) in [5, 5.41) is 12.0. The van der Waals surface area contributed by atoms with Gasteiger partial charge in [0.2, 0.25) is 6.79 Å². The summed E-state index contributed by atoms with van der Waals surface area (Å²) in [6.45, 7) is 0.156. The van der Waals surface area contributed by atoms with Gasteiger partial charge in [-0.1, -0.05) is 37.9 Å². The molecule has 0 atom stereocenters. The van der Waals surface area contributed by atoms with Crippen molar-refractivity contribution in [2.45, 2.75) is 0 Å². The molecular formula is C17H10Br2N2O3. The molecule has 0 aliphatic carbocycles. The number of fused-ring (bicyclic) bond motifs is 1. The third kappa shape index (κ3) is 3.61. The van der Waals surface area contributed by atoms with Crippen LogP contribution in [0.5, 0.6) is 11.5 Å². The predicted octanol–water partition coefficient (Wildman–Crippen LogP) is 4.49. The number of halogens is 2. The number of nitrogens with one attached hydrogen (secondary N) is 1. The Labute approximate surface area is 155 Å². The highest BCUT2D eigenvalue weighted by Gasteiger charge is 2.17. The van der Waals surface area contributed by atoms with E-state index >= 15 is 0 Å². The maximum Gasteiger partial charge on any atom is 0.266 e. The second kappa shape index (κ2) is 7.07. The zero-order chi connectivity index (χ0) is 17.1. The molecule has 1 amide bonds. The molecule has 1 heterocycles. The van der Waals surface area contributed by atoms with E-state index in [1.807, 2.05) is 12.1 Å². The van der Waals surface area contributed by atoms with Crippen molar-refractivity contribution in [3.8, 4) is 17.6 Å². The smallest absolute Gasteiger partial charge is 0.266 e. The minimum Gasteiger partial charge on any atom is -0.454 e. The molecule has 0 bridgehead atoms. The minimum absolute atomic E-state index is 0.0189. The van der Waals surface area contributed by atoms with Gasteiger partial charge in [0.05, 0.1) is 0 Å². The van der Waals surface area contributed by atoms with E-state index in [9.17, 15) is 10.1 Å². The Morgan fingerprint density at radius 1 is 1.21 bits per heavy atom. The molecular weight excluding hydrogens is 440 g/mol. The molecule has 0 spiro atoms. The van der Waals surface area contributed by atoms with Crippen molar-refractivity contribution in [2.24, 2.45) is 0 Å². The van der Waals surface area contributed by atoms with Gasteiger partial charge in [0.25, 0.3) is 5.91 Å². The molecule has 24 heavy (non-hydrogen) atoms. The minimum atomic E-state index is -0.486. The molecule has 2 aromatic rings. The average Bonchev–Trinajstić information content (AvgIpc) is 2.99. The largest absolute Gasteiger partial charge is 0.454 e. The summed E-state index contributed by atoms with van der Waals surface area (Å²) in [5.41, 5.74) is 1.23. The number of benzene rings is 2. The van der Waals surface area contributed by atoms with E-state index in [4.69, 9.17) is 9.47 Å². The standard InChI is InChI=1S/C17H10Br2N2O3/c18-12-2-1-3-13(6-12)21-17(22)11(8-20)4-10-5-15-16(7-14(10)19)24-9-23-15/h1-7H,9H2,(H,21,22)/b11-4+. The normalized spacial score (nSPS) is 12.6. The van der Waals surface area contributed by atoms with Crippen LogP contribution in [0.1, 0.15) is 5.56 Å². The van der Waals surface area contributed by atoms with Crippen LogP contribution in [0.25, 0.3) is 6.08 Å². The first-order valence-electron chi connectivity index (χ1n) is 6.84. The topological polar surface area (TPSA) is 71.3 Å². The lowest BCUT2D eigenvalue weighted by Gasteiger charge is -2.06. The molecule has 0 saturated carbocycles. The van der Waals surface area contributed by atoms with Crippen LogP contribution in [-0.2, 0) is 4.79 Å². The van der Waals surface area contributed by atoms with Crippen LogP contribution >= 0.6 is 31.9 Å². The number of anilines is 1. The Morgan fingerprint density at radius 2 is 1.96 bits per heavy atom. The van der Waals surface area contributed by atoms with Crippen LogP contribution in [0.3, 0.4) is 0 Å². The SMILES string of the molecule is N#C/C(=C\c1cc2c(cc1Br)OCO2)C(=O)Nc1cccc(Br)c1. The molecule has 0 fully saturated rings. The first kappa shape index (κ1) is 16.6. The van der Waals surface area contributed by atoms with Crippen molar-refractivity contribution in [3.63, 3.8) is 0 Å². The first-order chi connectivity index (χ1) is 11.6. The van der Waals surface area contributed by atoms with Gasteiger partial charge in [-0.25, -0.2) is 0 Å². The van der Waals surface area contributed by atoms with E-state index in [2.05, 4.69) is 37.2 Å². The highest BCUT2D eigenvalue weighted by atomic mass is 79.9.